The number of amides is 1. The van der Waals surface area contributed by atoms with E-state index in [-0.39, 0.29) is 12.5 Å². The second kappa shape index (κ2) is 5.31. The minimum Gasteiger partial charge on any atom is -0.366 e. The van der Waals surface area contributed by atoms with E-state index in [1.165, 1.54) is 18.4 Å². The highest BCUT2D eigenvalue weighted by atomic mass is 35.5. The molecule has 0 bridgehead atoms. The van der Waals surface area contributed by atoms with Crippen molar-refractivity contribution in [1.82, 2.24) is 5.01 Å². The molecule has 1 rings (SSSR count). The van der Waals surface area contributed by atoms with Gasteiger partial charge in [0.15, 0.2) is 0 Å². The molecule has 1 aromatic heterocycles. The van der Waals surface area contributed by atoms with E-state index in [4.69, 9.17) is 22.2 Å². The quantitative estimate of drug-likeness (QED) is 0.485. The first-order chi connectivity index (χ1) is 6.59. The third-order valence-corrected chi connectivity index (χ3v) is 2.70. The smallest absolute Gasteiger partial charge is 0.262 e. The minimum atomic E-state index is -0.257. The summed E-state index contributed by atoms with van der Waals surface area (Å²) in [5, 5.41) is 1.00. The van der Waals surface area contributed by atoms with Crippen LogP contribution in [-0.4, -0.2) is 24.6 Å². The molecular formula is C8H11ClN2O2S. The normalized spacial score (nSPS) is 10.2. The third-order valence-electron chi connectivity index (χ3n) is 1.49. The fourth-order valence-electron chi connectivity index (χ4n) is 0.770. The molecule has 1 amide bonds. The summed E-state index contributed by atoms with van der Waals surface area (Å²) < 4.78 is 5.85. The molecule has 0 aliphatic rings. The van der Waals surface area contributed by atoms with Crippen molar-refractivity contribution in [1.29, 1.82) is 0 Å². The van der Waals surface area contributed by atoms with Gasteiger partial charge in [-0.15, -0.1) is 11.3 Å². The van der Waals surface area contributed by atoms with Crippen molar-refractivity contribution in [3.05, 3.63) is 21.3 Å². The number of thiophene rings is 1. The zero-order valence-corrected chi connectivity index (χ0v) is 9.27. The number of hydrazine groups is 1. The van der Waals surface area contributed by atoms with Gasteiger partial charge in [-0.3, -0.25) is 9.80 Å². The lowest BCUT2D eigenvalue weighted by atomic mass is 10.5. The molecule has 1 heterocycles. The molecule has 0 fully saturated rings. The van der Waals surface area contributed by atoms with Crippen LogP contribution >= 0.6 is 22.9 Å². The van der Waals surface area contributed by atoms with Crippen molar-refractivity contribution in [2.45, 2.75) is 6.61 Å². The van der Waals surface area contributed by atoms with E-state index in [0.717, 1.165) is 9.89 Å². The second-order valence-electron chi connectivity index (χ2n) is 2.70. The lowest BCUT2D eigenvalue weighted by Crippen LogP contribution is -2.35. The number of carbonyl (C=O) groups is 1. The van der Waals surface area contributed by atoms with Crippen LogP contribution in [-0.2, 0) is 16.1 Å². The number of nitrogens with zero attached hydrogens (tertiary/aromatic N) is 1. The number of rotatable bonds is 4. The van der Waals surface area contributed by atoms with Crippen LogP contribution < -0.4 is 5.84 Å². The molecule has 0 saturated carbocycles. The van der Waals surface area contributed by atoms with E-state index in [2.05, 4.69) is 0 Å². The van der Waals surface area contributed by atoms with Gasteiger partial charge in [-0.2, -0.15) is 0 Å². The fourth-order valence-corrected chi connectivity index (χ4v) is 1.80. The zero-order valence-electron chi connectivity index (χ0n) is 7.70. The Morgan fingerprint density at radius 1 is 1.71 bits per heavy atom. The Hall–Kier alpha value is -0.620. The molecule has 0 unspecified atom stereocenters. The van der Waals surface area contributed by atoms with Crippen LogP contribution in [0.2, 0.25) is 4.34 Å². The first-order valence-electron chi connectivity index (χ1n) is 3.93. The van der Waals surface area contributed by atoms with E-state index in [9.17, 15) is 4.79 Å². The molecule has 1 aromatic rings. The summed E-state index contributed by atoms with van der Waals surface area (Å²) in [5.74, 6) is 4.95. The standard InChI is InChI=1S/C8H11ClN2O2S/c1-11(10)8(12)5-13-4-6-2-3-7(9)14-6/h2-3H,4-5,10H2,1H3. The van der Waals surface area contributed by atoms with E-state index in [1.54, 1.807) is 6.07 Å². The highest BCUT2D eigenvalue weighted by Gasteiger charge is 2.04. The topological polar surface area (TPSA) is 55.6 Å². The van der Waals surface area contributed by atoms with Gasteiger partial charge < -0.3 is 4.74 Å². The summed E-state index contributed by atoms with van der Waals surface area (Å²) in [5.41, 5.74) is 0. The SMILES string of the molecule is CN(N)C(=O)COCc1ccc(Cl)s1. The van der Waals surface area contributed by atoms with Crippen LogP contribution in [0.4, 0.5) is 0 Å². The molecule has 0 spiro atoms. The Morgan fingerprint density at radius 3 is 2.93 bits per heavy atom. The van der Waals surface area contributed by atoms with Gasteiger partial charge in [0.1, 0.15) is 6.61 Å². The second-order valence-corrected chi connectivity index (χ2v) is 4.50. The maximum absolute atomic E-state index is 11.0. The molecule has 0 atom stereocenters. The molecular weight excluding hydrogens is 224 g/mol. The number of carbonyl (C=O) groups excluding carboxylic acids is 1. The van der Waals surface area contributed by atoms with Crippen LogP contribution in [0.5, 0.6) is 0 Å². The fraction of sp³-hybridized carbons (Fsp3) is 0.375. The monoisotopic (exact) mass is 234 g/mol. The third kappa shape index (κ3) is 3.63. The van der Waals surface area contributed by atoms with Gasteiger partial charge in [-0.05, 0) is 12.1 Å². The number of hydrogen-bond acceptors (Lipinski definition) is 4. The minimum absolute atomic E-state index is 0.0114. The van der Waals surface area contributed by atoms with Crippen molar-refractivity contribution in [2.75, 3.05) is 13.7 Å². The van der Waals surface area contributed by atoms with E-state index < -0.39 is 0 Å². The number of hydrogen-bond donors (Lipinski definition) is 1. The predicted octanol–water partition coefficient (Wildman–Crippen LogP) is 1.25. The lowest BCUT2D eigenvalue weighted by molar-refractivity contribution is -0.135. The van der Waals surface area contributed by atoms with Crippen molar-refractivity contribution in [2.24, 2.45) is 5.84 Å². The van der Waals surface area contributed by atoms with Gasteiger partial charge in [-0.1, -0.05) is 11.6 Å². The summed E-state index contributed by atoms with van der Waals surface area (Å²) in [6, 6.07) is 3.66. The van der Waals surface area contributed by atoms with Gasteiger partial charge in [0.05, 0.1) is 10.9 Å². The van der Waals surface area contributed by atoms with Crippen molar-refractivity contribution < 1.29 is 9.53 Å². The summed E-state index contributed by atoms with van der Waals surface area (Å²) in [6.07, 6.45) is 0. The summed E-state index contributed by atoms with van der Waals surface area (Å²) in [6.45, 7) is 0.374. The number of nitrogens with two attached hydrogens (primary N) is 1. The first-order valence-corrected chi connectivity index (χ1v) is 5.12. The highest BCUT2D eigenvalue weighted by Crippen LogP contribution is 2.21. The zero-order chi connectivity index (χ0) is 10.6. The van der Waals surface area contributed by atoms with Crippen LogP contribution in [0.3, 0.4) is 0 Å². The van der Waals surface area contributed by atoms with Gasteiger partial charge in [-0.25, -0.2) is 5.84 Å². The molecule has 6 heteroatoms. The lowest BCUT2D eigenvalue weighted by Gasteiger charge is -2.09. The average Bonchev–Trinajstić information content (AvgIpc) is 2.51. The largest absolute Gasteiger partial charge is 0.366 e. The highest BCUT2D eigenvalue weighted by molar-refractivity contribution is 7.16. The molecule has 0 aliphatic carbocycles. The number of ether oxygens (including phenoxy) is 1. The van der Waals surface area contributed by atoms with Crippen molar-refractivity contribution in [3.63, 3.8) is 0 Å². The Kier molecular flexibility index (Phi) is 4.34. The summed E-state index contributed by atoms with van der Waals surface area (Å²) >= 11 is 7.15. The summed E-state index contributed by atoms with van der Waals surface area (Å²) in [4.78, 5) is 12.0. The number of likely N-dealkylation sites (N-methyl/N-ethyl adjacent to an activating group) is 1. The van der Waals surface area contributed by atoms with E-state index in [1.807, 2.05) is 6.07 Å². The molecule has 0 radical (unpaired) electrons. The molecule has 78 valence electrons. The van der Waals surface area contributed by atoms with E-state index >= 15 is 0 Å². The Morgan fingerprint density at radius 2 is 2.43 bits per heavy atom. The molecule has 2 N–H and O–H groups in total. The van der Waals surface area contributed by atoms with Gasteiger partial charge >= 0.3 is 0 Å². The maximum Gasteiger partial charge on any atom is 0.262 e. The predicted molar refractivity (Wildman–Crippen MR) is 55.9 cm³/mol. The maximum atomic E-state index is 11.0. The van der Waals surface area contributed by atoms with Crippen LogP contribution in [0.15, 0.2) is 12.1 Å². The van der Waals surface area contributed by atoms with Gasteiger partial charge in [0, 0.05) is 11.9 Å². The molecule has 4 nitrogen and oxygen atoms in total. The summed E-state index contributed by atoms with van der Waals surface area (Å²) in [7, 11) is 1.48. The van der Waals surface area contributed by atoms with Gasteiger partial charge in [0.25, 0.3) is 5.91 Å². The molecule has 0 aliphatic heterocycles. The van der Waals surface area contributed by atoms with Crippen molar-refractivity contribution >= 4 is 28.8 Å². The van der Waals surface area contributed by atoms with Crippen LogP contribution in [0.1, 0.15) is 4.88 Å². The van der Waals surface area contributed by atoms with Crippen LogP contribution in [0.25, 0.3) is 0 Å². The Labute approximate surface area is 91.2 Å². The molecule has 14 heavy (non-hydrogen) atoms. The Balaban J connectivity index is 2.25. The first kappa shape index (κ1) is 11.5. The average molecular weight is 235 g/mol. The van der Waals surface area contributed by atoms with E-state index in [0.29, 0.717) is 10.9 Å². The van der Waals surface area contributed by atoms with Crippen LogP contribution in [0, 0.1) is 0 Å². The van der Waals surface area contributed by atoms with Gasteiger partial charge in [0.2, 0.25) is 0 Å². The van der Waals surface area contributed by atoms with Crippen molar-refractivity contribution in [3.8, 4) is 0 Å². The molecule has 0 saturated heterocycles. The number of halogens is 1. The Bertz CT molecular complexity index is 314. The molecule has 0 aromatic carbocycles.